The summed E-state index contributed by atoms with van der Waals surface area (Å²) >= 11 is 0. The zero-order valence-electron chi connectivity index (χ0n) is 22.3. The number of anilines is 2. The molecule has 0 unspecified atom stereocenters. The van der Waals surface area contributed by atoms with Gasteiger partial charge in [0.15, 0.2) is 5.75 Å². The smallest absolute Gasteiger partial charge is 0.311 e. The summed E-state index contributed by atoms with van der Waals surface area (Å²) in [4.78, 5) is 69.0. The number of likely N-dealkylation sites (tertiary alicyclic amines) is 1. The van der Waals surface area contributed by atoms with Gasteiger partial charge in [0.2, 0.25) is 11.8 Å². The molecule has 1 N–H and O–H groups in total. The van der Waals surface area contributed by atoms with Crippen LogP contribution in [0.5, 0.6) is 5.75 Å². The first-order chi connectivity index (χ1) is 18.2. The van der Waals surface area contributed by atoms with E-state index in [2.05, 4.69) is 5.32 Å². The lowest BCUT2D eigenvalue weighted by molar-refractivity contribution is -0.148. The minimum Gasteiger partial charge on any atom is -0.422 e. The van der Waals surface area contributed by atoms with Crippen molar-refractivity contribution in [3.8, 4) is 5.75 Å². The summed E-state index contributed by atoms with van der Waals surface area (Å²) in [7, 11) is 0. The van der Waals surface area contributed by atoms with Crippen molar-refractivity contribution in [3.63, 3.8) is 0 Å². The molecule has 2 aliphatic heterocycles. The molecule has 0 aromatic heterocycles. The van der Waals surface area contributed by atoms with Crippen molar-refractivity contribution in [1.29, 1.82) is 0 Å². The standard InChI is InChI=1S/C29H33N3O6/c1-5-22(33)38-24-20(30-27(36)29(6-2,7-3)28(37)31-16-8-9-17-31)14-11-15-21(24)32-25(34)19-13-10-12-18(4)23(19)26(32)35/h10-15H,5-9,16-17H2,1-4H3,(H,30,36). The number of rotatable bonds is 8. The van der Waals surface area contributed by atoms with Gasteiger partial charge in [0.1, 0.15) is 5.41 Å². The number of carbonyl (C=O) groups is 5. The Morgan fingerprint density at radius 2 is 1.61 bits per heavy atom. The van der Waals surface area contributed by atoms with Crippen LogP contribution < -0.4 is 15.0 Å². The van der Waals surface area contributed by atoms with E-state index < -0.39 is 29.1 Å². The van der Waals surface area contributed by atoms with E-state index in [1.807, 2.05) is 0 Å². The van der Waals surface area contributed by atoms with Gasteiger partial charge in [0.25, 0.3) is 11.8 Å². The molecule has 0 spiro atoms. The Morgan fingerprint density at radius 3 is 2.21 bits per heavy atom. The Labute approximate surface area is 222 Å². The maximum atomic E-state index is 13.7. The number of para-hydroxylation sites is 1. The molecule has 9 heteroatoms. The zero-order chi connectivity index (χ0) is 27.6. The zero-order valence-corrected chi connectivity index (χ0v) is 22.3. The molecule has 1 fully saturated rings. The fraction of sp³-hybridized carbons (Fsp3) is 0.414. The summed E-state index contributed by atoms with van der Waals surface area (Å²) < 4.78 is 5.61. The number of carbonyl (C=O) groups excluding carboxylic acids is 5. The fourth-order valence-electron chi connectivity index (χ4n) is 5.20. The van der Waals surface area contributed by atoms with E-state index in [0.29, 0.717) is 18.7 Å². The number of aryl methyl sites for hydroxylation is 1. The topological polar surface area (TPSA) is 113 Å². The van der Waals surface area contributed by atoms with Crippen LogP contribution in [0.15, 0.2) is 36.4 Å². The van der Waals surface area contributed by atoms with E-state index in [1.54, 1.807) is 56.9 Å². The van der Waals surface area contributed by atoms with Gasteiger partial charge in [-0.15, -0.1) is 0 Å². The second kappa shape index (κ2) is 10.8. The Morgan fingerprint density at radius 1 is 0.947 bits per heavy atom. The first-order valence-electron chi connectivity index (χ1n) is 13.1. The fourth-order valence-corrected chi connectivity index (χ4v) is 5.20. The largest absolute Gasteiger partial charge is 0.422 e. The number of imide groups is 1. The highest BCUT2D eigenvalue weighted by Crippen LogP contribution is 2.42. The minimum atomic E-state index is -1.31. The van der Waals surface area contributed by atoms with Crippen LogP contribution in [0.3, 0.4) is 0 Å². The Balaban J connectivity index is 1.76. The van der Waals surface area contributed by atoms with Gasteiger partial charge in [-0.1, -0.05) is 39.0 Å². The van der Waals surface area contributed by atoms with E-state index >= 15 is 0 Å². The molecule has 0 radical (unpaired) electrons. The van der Waals surface area contributed by atoms with Gasteiger partial charge in [-0.25, -0.2) is 4.90 Å². The average molecular weight is 520 g/mol. The van der Waals surface area contributed by atoms with Crippen LogP contribution in [0, 0.1) is 12.3 Å². The lowest BCUT2D eigenvalue weighted by Crippen LogP contribution is -2.49. The van der Waals surface area contributed by atoms with Crippen molar-refractivity contribution in [3.05, 3.63) is 53.1 Å². The number of benzene rings is 2. The van der Waals surface area contributed by atoms with Crippen molar-refractivity contribution in [2.45, 2.75) is 59.8 Å². The summed E-state index contributed by atoms with van der Waals surface area (Å²) in [5.74, 6) is -2.56. The Bertz CT molecular complexity index is 1310. The number of esters is 1. The molecule has 0 bridgehead atoms. The van der Waals surface area contributed by atoms with Gasteiger partial charge in [0.05, 0.1) is 22.5 Å². The number of fused-ring (bicyclic) bond motifs is 1. The highest BCUT2D eigenvalue weighted by molar-refractivity contribution is 6.35. The number of amides is 4. The first-order valence-corrected chi connectivity index (χ1v) is 13.1. The third-order valence-electron chi connectivity index (χ3n) is 7.56. The Kier molecular flexibility index (Phi) is 7.66. The molecule has 2 heterocycles. The lowest BCUT2D eigenvalue weighted by Gasteiger charge is -2.33. The van der Waals surface area contributed by atoms with Gasteiger partial charge < -0.3 is 15.0 Å². The monoisotopic (exact) mass is 519 g/mol. The minimum absolute atomic E-state index is 0.0320. The van der Waals surface area contributed by atoms with E-state index in [9.17, 15) is 24.0 Å². The van der Waals surface area contributed by atoms with Crippen molar-refractivity contribution in [1.82, 2.24) is 4.90 Å². The molecule has 200 valence electrons. The first kappa shape index (κ1) is 27.0. The number of hydrogen-bond donors (Lipinski definition) is 1. The van der Waals surface area contributed by atoms with Crippen LogP contribution in [0.2, 0.25) is 0 Å². The molecule has 2 aromatic carbocycles. The molecule has 0 atom stereocenters. The average Bonchev–Trinajstić information content (AvgIpc) is 3.53. The van der Waals surface area contributed by atoms with Crippen LogP contribution in [-0.2, 0) is 14.4 Å². The summed E-state index contributed by atoms with van der Waals surface area (Å²) in [5.41, 5.74) is 0.0222. The molecule has 0 aliphatic carbocycles. The van der Waals surface area contributed by atoms with Crippen LogP contribution in [0.4, 0.5) is 11.4 Å². The quantitative estimate of drug-likeness (QED) is 0.238. The number of nitrogens with one attached hydrogen (secondary N) is 1. The number of hydrogen-bond acceptors (Lipinski definition) is 6. The van der Waals surface area contributed by atoms with Gasteiger partial charge in [-0.2, -0.15) is 0 Å². The molecule has 38 heavy (non-hydrogen) atoms. The molecule has 4 amide bonds. The molecule has 1 saturated heterocycles. The summed E-state index contributed by atoms with van der Waals surface area (Å²) in [6, 6.07) is 9.60. The second-order valence-electron chi connectivity index (χ2n) is 9.67. The predicted molar refractivity (Wildman–Crippen MR) is 142 cm³/mol. The second-order valence-corrected chi connectivity index (χ2v) is 9.67. The van der Waals surface area contributed by atoms with Crippen molar-refractivity contribution >= 4 is 41.0 Å². The van der Waals surface area contributed by atoms with E-state index in [-0.39, 0.29) is 53.4 Å². The van der Waals surface area contributed by atoms with Gasteiger partial charge >= 0.3 is 5.97 Å². The van der Waals surface area contributed by atoms with Crippen LogP contribution in [-0.4, -0.2) is 47.6 Å². The molecule has 2 aromatic rings. The van der Waals surface area contributed by atoms with Crippen molar-refractivity contribution in [2.24, 2.45) is 5.41 Å². The van der Waals surface area contributed by atoms with Gasteiger partial charge in [0, 0.05) is 19.5 Å². The summed E-state index contributed by atoms with van der Waals surface area (Å²) in [6.45, 7) is 8.18. The highest BCUT2D eigenvalue weighted by atomic mass is 16.5. The van der Waals surface area contributed by atoms with Crippen LogP contribution in [0.25, 0.3) is 0 Å². The summed E-state index contributed by atoms with van der Waals surface area (Å²) in [5, 5.41) is 2.80. The SMILES string of the molecule is CCC(=O)Oc1c(NC(=O)C(CC)(CC)C(=O)N2CCCC2)cccc1N1C(=O)c2cccc(C)c2C1=O. The van der Waals surface area contributed by atoms with E-state index in [1.165, 1.54) is 12.1 Å². The molecular formula is C29H33N3O6. The van der Waals surface area contributed by atoms with E-state index in [0.717, 1.165) is 17.7 Å². The lowest BCUT2D eigenvalue weighted by atomic mass is 9.79. The molecule has 0 saturated carbocycles. The van der Waals surface area contributed by atoms with Crippen LogP contribution in [0.1, 0.15) is 79.2 Å². The van der Waals surface area contributed by atoms with Gasteiger partial charge in [-0.05, 0) is 56.4 Å². The highest BCUT2D eigenvalue weighted by Gasteiger charge is 2.46. The molecule has 4 rings (SSSR count). The predicted octanol–water partition coefficient (Wildman–Crippen LogP) is 4.48. The van der Waals surface area contributed by atoms with Gasteiger partial charge in [-0.3, -0.25) is 24.0 Å². The van der Waals surface area contributed by atoms with E-state index in [4.69, 9.17) is 4.74 Å². The molecule has 2 aliphatic rings. The normalized spacial score (nSPS) is 15.1. The molecular weight excluding hydrogens is 486 g/mol. The number of nitrogens with zero attached hydrogens (tertiary/aromatic N) is 2. The summed E-state index contributed by atoms with van der Waals surface area (Å²) in [6.07, 6.45) is 2.40. The molecule has 9 nitrogen and oxygen atoms in total. The third kappa shape index (κ3) is 4.46. The Hall–Kier alpha value is -4.01. The van der Waals surface area contributed by atoms with Crippen molar-refractivity contribution < 1.29 is 28.7 Å². The number of ether oxygens (including phenoxy) is 1. The van der Waals surface area contributed by atoms with Crippen LogP contribution >= 0.6 is 0 Å². The third-order valence-corrected chi connectivity index (χ3v) is 7.56. The maximum absolute atomic E-state index is 13.7. The van der Waals surface area contributed by atoms with Crippen molar-refractivity contribution in [2.75, 3.05) is 23.3 Å². The maximum Gasteiger partial charge on any atom is 0.311 e.